The standard InChI is InChI=1S/C17H20BrN3O2/c1-17(2)8-14(7-15(22)9-17)19-11-16(23)21-20-10-12-3-5-13(18)6-4-12/h3-7,10,19H,8-9,11H2,1-2H3,(H,21,23)/b20-10+. The van der Waals surface area contributed by atoms with Gasteiger partial charge in [-0.25, -0.2) is 5.43 Å². The molecule has 0 spiro atoms. The fourth-order valence-corrected chi connectivity index (χ4v) is 2.68. The number of hydrazone groups is 1. The van der Waals surface area contributed by atoms with Crippen molar-refractivity contribution in [1.82, 2.24) is 10.7 Å². The van der Waals surface area contributed by atoms with Gasteiger partial charge in [0.25, 0.3) is 5.91 Å². The van der Waals surface area contributed by atoms with E-state index in [1.165, 1.54) is 0 Å². The third kappa shape index (κ3) is 5.98. The van der Waals surface area contributed by atoms with E-state index < -0.39 is 0 Å². The molecule has 1 aliphatic rings. The predicted molar refractivity (Wildman–Crippen MR) is 94.0 cm³/mol. The third-order valence-corrected chi connectivity index (χ3v) is 3.93. The first-order valence-corrected chi connectivity index (χ1v) is 8.18. The topological polar surface area (TPSA) is 70.6 Å². The predicted octanol–water partition coefficient (Wildman–Crippen LogP) is 2.76. The van der Waals surface area contributed by atoms with Gasteiger partial charge in [-0.15, -0.1) is 0 Å². The first kappa shape index (κ1) is 17.4. The van der Waals surface area contributed by atoms with E-state index in [2.05, 4.69) is 31.8 Å². The van der Waals surface area contributed by atoms with Gasteiger partial charge in [-0.05, 0) is 29.5 Å². The number of allylic oxidation sites excluding steroid dienone is 2. The van der Waals surface area contributed by atoms with Crippen LogP contribution >= 0.6 is 15.9 Å². The van der Waals surface area contributed by atoms with Crippen LogP contribution in [0.2, 0.25) is 0 Å². The highest BCUT2D eigenvalue weighted by Gasteiger charge is 2.27. The molecular formula is C17H20BrN3O2. The molecule has 2 rings (SSSR count). The van der Waals surface area contributed by atoms with E-state index in [9.17, 15) is 9.59 Å². The molecule has 0 heterocycles. The highest BCUT2D eigenvalue weighted by Crippen LogP contribution is 2.32. The summed E-state index contributed by atoms with van der Waals surface area (Å²) in [6.45, 7) is 4.18. The van der Waals surface area contributed by atoms with Crippen LogP contribution < -0.4 is 10.7 Å². The quantitative estimate of drug-likeness (QED) is 0.612. The largest absolute Gasteiger partial charge is 0.379 e. The zero-order valence-corrected chi connectivity index (χ0v) is 14.8. The summed E-state index contributed by atoms with van der Waals surface area (Å²) in [5, 5.41) is 6.92. The molecule has 0 atom stereocenters. The Morgan fingerprint density at radius 1 is 1.30 bits per heavy atom. The molecule has 1 amide bonds. The summed E-state index contributed by atoms with van der Waals surface area (Å²) in [4.78, 5) is 23.4. The first-order valence-electron chi connectivity index (χ1n) is 7.39. The van der Waals surface area contributed by atoms with Crippen molar-refractivity contribution in [3.8, 4) is 0 Å². The SMILES string of the molecule is CC1(C)CC(=O)C=C(NCC(=O)N/N=C/c2ccc(Br)cc2)C1. The molecule has 1 aromatic rings. The van der Waals surface area contributed by atoms with Crippen LogP contribution in [0.4, 0.5) is 0 Å². The number of hydrogen-bond donors (Lipinski definition) is 2. The fourth-order valence-electron chi connectivity index (χ4n) is 2.42. The van der Waals surface area contributed by atoms with Crippen LogP contribution in [-0.4, -0.2) is 24.4 Å². The Hall–Kier alpha value is -1.95. The maximum atomic E-state index is 11.8. The number of hydrogen-bond acceptors (Lipinski definition) is 4. The van der Waals surface area contributed by atoms with Gasteiger partial charge in [-0.1, -0.05) is 41.9 Å². The third-order valence-electron chi connectivity index (χ3n) is 3.41. The summed E-state index contributed by atoms with van der Waals surface area (Å²) in [6.07, 6.45) is 4.47. The summed E-state index contributed by atoms with van der Waals surface area (Å²) in [7, 11) is 0. The van der Waals surface area contributed by atoms with E-state index in [-0.39, 0.29) is 23.7 Å². The minimum Gasteiger partial charge on any atom is -0.379 e. The number of carbonyl (C=O) groups is 2. The van der Waals surface area contributed by atoms with Crippen molar-refractivity contribution < 1.29 is 9.59 Å². The summed E-state index contributed by atoms with van der Waals surface area (Å²) < 4.78 is 0.987. The smallest absolute Gasteiger partial charge is 0.259 e. The normalized spacial score (nSPS) is 17.0. The molecule has 2 N–H and O–H groups in total. The molecule has 0 bridgehead atoms. The van der Waals surface area contributed by atoms with Gasteiger partial charge in [0.15, 0.2) is 5.78 Å². The molecule has 5 nitrogen and oxygen atoms in total. The monoisotopic (exact) mass is 377 g/mol. The van der Waals surface area contributed by atoms with E-state index in [1.807, 2.05) is 38.1 Å². The van der Waals surface area contributed by atoms with Crippen LogP contribution in [0.5, 0.6) is 0 Å². The molecular weight excluding hydrogens is 358 g/mol. The van der Waals surface area contributed by atoms with Gasteiger partial charge in [0.1, 0.15) is 0 Å². The van der Waals surface area contributed by atoms with Crippen LogP contribution in [0, 0.1) is 5.41 Å². The average Bonchev–Trinajstić information content (AvgIpc) is 2.45. The number of amides is 1. The van der Waals surface area contributed by atoms with E-state index in [0.717, 1.165) is 22.2 Å². The maximum Gasteiger partial charge on any atom is 0.259 e. The summed E-state index contributed by atoms with van der Waals surface area (Å²) in [5.41, 5.74) is 4.09. The molecule has 0 fully saturated rings. The highest BCUT2D eigenvalue weighted by molar-refractivity contribution is 9.10. The second kappa shape index (κ2) is 7.55. The Morgan fingerprint density at radius 2 is 2.00 bits per heavy atom. The Kier molecular flexibility index (Phi) is 5.71. The molecule has 0 aromatic heterocycles. The number of nitrogens with zero attached hydrogens (tertiary/aromatic N) is 1. The van der Waals surface area contributed by atoms with Crippen LogP contribution in [0.25, 0.3) is 0 Å². The molecule has 6 heteroatoms. The molecule has 0 saturated carbocycles. The first-order chi connectivity index (χ1) is 10.8. The van der Waals surface area contributed by atoms with E-state index in [4.69, 9.17) is 0 Å². The molecule has 1 aliphatic carbocycles. The Labute approximate surface area is 144 Å². The van der Waals surface area contributed by atoms with Crippen LogP contribution in [-0.2, 0) is 9.59 Å². The minimum absolute atomic E-state index is 0.0651. The van der Waals surface area contributed by atoms with Gasteiger partial charge in [-0.3, -0.25) is 9.59 Å². The van der Waals surface area contributed by atoms with Crippen LogP contribution in [0.3, 0.4) is 0 Å². The van der Waals surface area contributed by atoms with Gasteiger partial charge in [0, 0.05) is 22.7 Å². The lowest BCUT2D eigenvalue weighted by Gasteiger charge is -2.29. The zero-order chi connectivity index (χ0) is 16.9. The molecule has 0 saturated heterocycles. The van der Waals surface area contributed by atoms with Gasteiger partial charge >= 0.3 is 0 Å². The molecule has 0 radical (unpaired) electrons. The van der Waals surface area contributed by atoms with E-state index in [0.29, 0.717) is 6.42 Å². The van der Waals surface area contributed by atoms with Crippen molar-refractivity contribution in [3.05, 3.63) is 46.1 Å². The van der Waals surface area contributed by atoms with Gasteiger partial charge in [0.2, 0.25) is 0 Å². The zero-order valence-electron chi connectivity index (χ0n) is 13.2. The number of halogens is 1. The lowest BCUT2D eigenvalue weighted by Crippen LogP contribution is -2.34. The number of ketones is 1. The van der Waals surface area contributed by atoms with Gasteiger partial charge < -0.3 is 5.32 Å². The number of carbonyl (C=O) groups excluding carboxylic acids is 2. The number of rotatable bonds is 5. The van der Waals surface area contributed by atoms with Gasteiger partial charge in [0.05, 0.1) is 12.8 Å². The van der Waals surface area contributed by atoms with E-state index >= 15 is 0 Å². The van der Waals surface area contributed by atoms with E-state index in [1.54, 1.807) is 12.3 Å². The average molecular weight is 378 g/mol. The molecule has 23 heavy (non-hydrogen) atoms. The van der Waals surface area contributed by atoms with Crippen LogP contribution in [0.15, 0.2) is 45.6 Å². The van der Waals surface area contributed by atoms with Crippen LogP contribution in [0.1, 0.15) is 32.3 Å². The molecule has 1 aromatic carbocycles. The Morgan fingerprint density at radius 3 is 2.65 bits per heavy atom. The summed E-state index contributed by atoms with van der Waals surface area (Å²) in [6, 6.07) is 7.58. The Balaban J connectivity index is 1.79. The fraction of sp³-hybridized carbons (Fsp3) is 0.353. The Bertz CT molecular complexity index is 648. The minimum atomic E-state index is -0.255. The molecule has 0 unspecified atom stereocenters. The number of benzene rings is 1. The molecule has 122 valence electrons. The van der Waals surface area contributed by atoms with Crippen molar-refractivity contribution in [2.45, 2.75) is 26.7 Å². The summed E-state index contributed by atoms with van der Waals surface area (Å²) in [5.74, 6) is -0.160. The van der Waals surface area contributed by atoms with Crippen molar-refractivity contribution in [2.75, 3.05) is 6.54 Å². The second-order valence-corrected chi connectivity index (χ2v) is 7.27. The highest BCUT2D eigenvalue weighted by atomic mass is 79.9. The molecule has 0 aliphatic heterocycles. The lowest BCUT2D eigenvalue weighted by molar-refractivity contribution is -0.120. The summed E-state index contributed by atoms with van der Waals surface area (Å²) >= 11 is 3.36. The van der Waals surface area contributed by atoms with Crippen molar-refractivity contribution in [1.29, 1.82) is 0 Å². The van der Waals surface area contributed by atoms with Crippen molar-refractivity contribution in [2.24, 2.45) is 10.5 Å². The maximum absolute atomic E-state index is 11.8. The number of nitrogens with one attached hydrogen (secondary N) is 2. The second-order valence-electron chi connectivity index (χ2n) is 6.35. The van der Waals surface area contributed by atoms with Crippen molar-refractivity contribution in [3.63, 3.8) is 0 Å². The van der Waals surface area contributed by atoms with Crippen molar-refractivity contribution >= 4 is 33.8 Å². The van der Waals surface area contributed by atoms with Gasteiger partial charge in [-0.2, -0.15) is 5.10 Å². The lowest BCUT2D eigenvalue weighted by atomic mass is 9.79.